The van der Waals surface area contributed by atoms with Crippen molar-refractivity contribution in [3.8, 4) is 0 Å². The SMILES string of the molecule is CC(C)n1nccc1C(=O)N[C@@H](C)c1nc2ccc(Cl)cc2[nH]1. The molecule has 0 aliphatic carbocycles. The number of amides is 1. The molecular formula is C16H18ClN5O. The van der Waals surface area contributed by atoms with E-state index in [-0.39, 0.29) is 18.0 Å². The highest BCUT2D eigenvalue weighted by molar-refractivity contribution is 6.31. The van der Waals surface area contributed by atoms with Crippen molar-refractivity contribution in [3.63, 3.8) is 0 Å². The molecule has 1 aromatic carbocycles. The Morgan fingerprint density at radius 1 is 1.30 bits per heavy atom. The molecule has 120 valence electrons. The molecule has 0 spiro atoms. The van der Waals surface area contributed by atoms with Gasteiger partial charge in [0.1, 0.15) is 11.5 Å². The summed E-state index contributed by atoms with van der Waals surface area (Å²) in [6.45, 7) is 5.85. The fourth-order valence-corrected chi connectivity index (χ4v) is 2.62. The first-order chi connectivity index (χ1) is 11.0. The maximum absolute atomic E-state index is 12.4. The minimum absolute atomic E-state index is 0.120. The zero-order chi connectivity index (χ0) is 16.6. The van der Waals surface area contributed by atoms with Crippen molar-refractivity contribution in [2.75, 3.05) is 0 Å². The van der Waals surface area contributed by atoms with Crippen LogP contribution in [0.25, 0.3) is 11.0 Å². The second-order valence-electron chi connectivity index (χ2n) is 5.73. The van der Waals surface area contributed by atoms with E-state index in [0.29, 0.717) is 16.5 Å². The van der Waals surface area contributed by atoms with Crippen molar-refractivity contribution < 1.29 is 4.79 Å². The van der Waals surface area contributed by atoms with Crippen LogP contribution in [0.5, 0.6) is 0 Å². The maximum atomic E-state index is 12.4. The molecule has 0 aliphatic rings. The molecule has 3 rings (SSSR count). The molecule has 0 radical (unpaired) electrons. The van der Waals surface area contributed by atoms with Crippen LogP contribution in [-0.2, 0) is 0 Å². The molecule has 6 nitrogen and oxygen atoms in total. The summed E-state index contributed by atoms with van der Waals surface area (Å²) >= 11 is 5.98. The third-order valence-electron chi connectivity index (χ3n) is 3.61. The Hall–Kier alpha value is -2.34. The van der Waals surface area contributed by atoms with Gasteiger partial charge in [-0.15, -0.1) is 0 Å². The van der Waals surface area contributed by atoms with E-state index in [1.165, 1.54) is 0 Å². The Labute approximate surface area is 138 Å². The van der Waals surface area contributed by atoms with Gasteiger partial charge >= 0.3 is 0 Å². The normalized spacial score (nSPS) is 12.7. The Morgan fingerprint density at radius 2 is 2.09 bits per heavy atom. The summed E-state index contributed by atoms with van der Waals surface area (Å²) < 4.78 is 1.69. The van der Waals surface area contributed by atoms with Gasteiger partial charge < -0.3 is 10.3 Å². The largest absolute Gasteiger partial charge is 0.341 e. The Bertz CT molecular complexity index is 851. The molecule has 1 amide bonds. The molecule has 0 saturated carbocycles. The number of carbonyl (C=O) groups excluding carboxylic acids is 1. The monoisotopic (exact) mass is 331 g/mol. The fraction of sp³-hybridized carbons (Fsp3) is 0.312. The zero-order valence-electron chi connectivity index (χ0n) is 13.2. The molecule has 2 aromatic heterocycles. The number of benzene rings is 1. The van der Waals surface area contributed by atoms with Crippen LogP contribution in [0.15, 0.2) is 30.5 Å². The second kappa shape index (κ2) is 6.04. The number of aromatic nitrogens is 4. The first kappa shape index (κ1) is 15.6. The molecule has 0 fully saturated rings. The van der Waals surface area contributed by atoms with Gasteiger partial charge in [-0.2, -0.15) is 5.10 Å². The van der Waals surface area contributed by atoms with E-state index in [0.717, 1.165) is 11.0 Å². The van der Waals surface area contributed by atoms with E-state index in [4.69, 9.17) is 11.6 Å². The van der Waals surface area contributed by atoms with E-state index in [1.807, 2.05) is 32.9 Å². The third kappa shape index (κ3) is 3.07. The first-order valence-electron chi connectivity index (χ1n) is 7.45. The smallest absolute Gasteiger partial charge is 0.270 e. The lowest BCUT2D eigenvalue weighted by Gasteiger charge is -2.14. The van der Waals surface area contributed by atoms with Gasteiger partial charge in [0, 0.05) is 17.3 Å². The summed E-state index contributed by atoms with van der Waals surface area (Å²) in [6.07, 6.45) is 1.63. The van der Waals surface area contributed by atoms with Crippen LogP contribution in [0.4, 0.5) is 0 Å². The highest BCUT2D eigenvalue weighted by Gasteiger charge is 2.18. The molecule has 0 aliphatic heterocycles. The van der Waals surface area contributed by atoms with Gasteiger partial charge in [0.05, 0.1) is 17.1 Å². The number of carbonyl (C=O) groups is 1. The summed E-state index contributed by atoms with van der Waals surface area (Å²) in [5.74, 6) is 0.508. The Balaban J connectivity index is 1.81. The molecule has 2 heterocycles. The molecule has 7 heteroatoms. The molecular weight excluding hydrogens is 314 g/mol. The Morgan fingerprint density at radius 3 is 2.83 bits per heavy atom. The van der Waals surface area contributed by atoms with Crippen molar-refractivity contribution >= 4 is 28.5 Å². The molecule has 0 unspecified atom stereocenters. The minimum Gasteiger partial charge on any atom is -0.341 e. The molecule has 23 heavy (non-hydrogen) atoms. The number of rotatable bonds is 4. The van der Waals surface area contributed by atoms with Crippen molar-refractivity contribution in [1.82, 2.24) is 25.1 Å². The van der Waals surface area contributed by atoms with Crippen LogP contribution in [0.2, 0.25) is 5.02 Å². The van der Waals surface area contributed by atoms with Gasteiger partial charge in [0.2, 0.25) is 0 Å². The molecule has 0 saturated heterocycles. The number of halogens is 1. The van der Waals surface area contributed by atoms with Crippen molar-refractivity contribution in [3.05, 3.63) is 47.0 Å². The Kier molecular flexibility index (Phi) is 4.09. The van der Waals surface area contributed by atoms with Crippen LogP contribution in [-0.4, -0.2) is 25.7 Å². The van der Waals surface area contributed by atoms with E-state index < -0.39 is 0 Å². The molecule has 0 bridgehead atoms. The van der Waals surface area contributed by atoms with Gasteiger partial charge in [-0.25, -0.2) is 4.98 Å². The highest BCUT2D eigenvalue weighted by Crippen LogP contribution is 2.20. The third-order valence-corrected chi connectivity index (χ3v) is 3.85. The second-order valence-corrected chi connectivity index (χ2v) is 6.17. The van der Waals surface area contributed by atoms with Gasteiger partial charge in [-0.1, -0.05) is 11.6 Å². The number of H-pyrrole nitrogens is 1. The van der Waals surface area contributed by atoms with Crippen molar-refractivity contribution in [2.24, 2.45) is 0 Å². The lowest BCUT2D eigenvalue weighted by Crippen LogP contribution is -2.29. The van der Waals surface area contributed by atoms with Crippen LogP contribution < -0.4 is 5.32 Å². The van der Waals surface area contributed by atoms with Crippen LogP contribution in [0, 0.1) is 0 Å². The fourth-order valence-electron chi connectivity index (χ4n) is 2.45. The highest BCUT2D eigenvalue weighted by atomic mass is 35.5. The zero-order valence-corrected chi connectivity index (χ0v) is 13.9. The quantitative estimate of drug-likeness (QED) is 0.768. The average molecular weight is 332 g/mol. The van der Waals surface area contributed by atoms with Crippen LogP contribution in [0.1, 0.15) is 49.2 Å². The number of hydrogen-bond acceptors (Lipinski definition) is 3. The number of nitrogens with zero attached hydrogens (tertiary/aromatic N) is 3. The summed E-state index contributed by atoms with van der Waals surface area (Å²) in [6, 6.07) is 7.02. The lowest BCUT2D eigenvalue weighted by molar-refractivity contribution is 0.0925. The van der Waals surface area contributed by atoms with Crippen LogP contribution >= 0.6 is 11.6 Å². The van der Waals surface area contributed by atoms with Gasteiger partial charge in [0.25, 0.3) is 5.91 Å². The van der Waals surface area contributed by atoms with E-state index in [1.54, 1.807) is 23.0 Å². The lowest BCUT2D eigenvalue weighted by atomic mass is 10.3. The molecule has 3 aromatic rings. The van der Waals surface area contributed by atoms with E-state index >= 15 is 0 Å². The van der Waals surface area contributed by atoms with Crippen molar-refractivity contribution in [1.29, 1.82) is 0 Å². The number of aromatic amines is 1. The molecule has 1 atom stereocenters. The number of hydrogen-bond donors (Lipinski definition) is 2. The predicted molar refractivity (Wildman–Crippen MR) is 89.6 cm³/mol. The van der Waals surface area contributed by atoms with E-state index in [9.17, 15) is 4.79 Å². The standard InChI is InChI=1S/C16H18ClN5O/c1-9(2)22-14(6-7-18-22)16(23)19-10(3)15-20-12-5-4-11(17)8-13(12)21-15/h4-10H,1-3H3,(H,19,23)(H,20,21)/t10-/m0/s1. The van der Waals surface area contributed by atoms with Crippen molar-refractivity contribution in [2.45, 2.75) is 32.9 Å². The van der Waals surface area contributed by atoms with E-state index in [2.05, 4.69) is 20.4 Å². The molecule has 2 N–H and O–H groups in total. The van der Waals surface area contributed by atoms with Gasteiger partial charge in [0.15, 0.2) is 0 Å². The summed E-state index contributed by atoms with van der Waals surface area (Å²) in [7, 11) is 0. The topological polar surface area (TPSA) is 75.6 Å². The predicted octanol–water partition coefficient (Wildman–Crippen LogP) is 3.48. The minimum atomic E-state index is -0.260. The van der Waals surface area contributed by atoms with Crippen LogP contribution in [0.3, 0.4) is 0 Å². The first-order valence-corrected chi connectivity index (χ1v) is 7.83. The number of imidazole rings is 1. The van der Waals surface area contributed by atoms with Gasteiger partial charge in [-0.3, -0.25) is 9.48 Å². The van der Waals surface area contributed by atoms with Gasteiger partial charge in [-0.05, 0) is 45.0 Å². The summed E-state index contributed by atoms with van der Waals surface area (Å²) in [4.78, 5) is 20.1. The maximum Gasteiger partial charge on any atom is 0.270 e. The number of fused-ring (bicyclic) bond motifs is 1. The average Bonchev–Trinajstić information content (AvgIpc) is 3.13. The summed E-state index contributed by atoms with van der Waals surface area (Å²) in [5, 5.41) is 7.77. The number of nitrogens with one attached hydrogen (secondary N) is 2. The summed E-state index contributed by atoms with van der Waals surface area (Å²) in [5.41, 5.74) is 2.20.